The summed E-state index contributed by atoms with van der Waals surface area (Å²) in [6.45, 7) is 3.26. The molecule has 0 aromatic carbocycles. The number of rotatable bonds is 3. The van der Waals surface area contributed by atoms with Gasteiger partial charge in [-0.15, -0.1) is 0 Å². The molecule has 1 atom stereocenters. The van der Waals surface area contributed by atoms with Crippen LogP contribution in [0, 0.1) is 6.92 Å². The van der Waals surface area contributed by atoms with Gasteiger partial charge in [-0.05, 0) is 32.3 Å². The number of alkyl halides is 3. The van der Waals surface area contributed by atoms with E-state index >= 15 is 0 Å². The number of nitrogens with zero attached hydrogens (tertiary/aromatic N) is 4. The van der Waals surface area contributed by atoms with Crippen molar-refractivity contribution in [2.45, 2.75) is 44.8 Å². The van der Waals surface area contributed by atoms with Gasteiger partial charge in [-0.3, -0.25) is 9.48 Å². The third-order valence-corrected chi connectivity index (χ3v) is 4.15. The van der Waals surface area contributed by atoms with Crippen molar-refractivity contribution in [3.05, 3.63) is 34.4 Å². The van der Waals surface area contributed by atoms with E-state index in [2.05, 4.69) is 10.2 Å². The molecule has 1 aliphatic rings. The Morgan fingerprint density at radius 1 is 1.43 bits per heavy atom. The largest absolute Gasteiger partial charge is 0.436 e. The summed E-state index contributed by atoms with van der Waals surface area (Å²) in [5, 5.41) is 7.09. The number of halogens is 4. The molecule has 1 fully saturated rings. The Morgan fingerprint density at radius 3 is 2.57 bits per heavy atom. The first kappa shape index (κ1) is 16.0. The van der Waals surface area contributed by atoms with Crippen LogP contribution in [0.4, 0.5) is 13.2 Å². The molecule has 5 nitrogen and oxygen atoms in total. The van der Waals surface area contributed by atoms with E-state index in [4.69, 9.17) is 11.6 Å². The van der Waals surface area contributed by atoms with Gasteiger partial charge in [-0.2, -0.15) is 23.4 Å². The molecule has 0 N–H and O–H groups in total. The molecule has 1 saturated carbocycles. The minimum atomic E-state index is -4.66. The summed E-state index contributed by atoms with van der Waals surface area (Å²) in [7, 11) is 0. The maximum Gasteiger partial charge on any atom is 0.436 e. The fourth-order valence-corrected chi connectivity index (χ4v) is 2.84. The standard InChI is InChI=1S/C14H14ClF3N4O/c1-7-5-19-21(6-7)13(23)8(2)22-11(9-3-4-9)10(15)12(20-22)14(16,17)18/h5-6,8-9H,3-4H2,1-2H3/t8-/m1/s1. The van der Waals surface area contributed by atoms with Crippen LogP contribution in [0.5, 0.6) is 0 Å². The second-order valence-corrected chi connectivity index (χ2v) is 6.12. The number of carbonyl (C=O) groups excluding carboxylic acids is 1. The average molecular weight is 347 g/mol. The zero-order valence-corrected chi connectivity index (χ0v) is 13.2. The van der Waals surface area contributed by atoms with Crippen molar-refractivity contribution < 1.29 is 18.0 Å². The SMILES string of the molecule is Cc1cnn(C(=O)[C@@H](C)n2nc(C(F)(F)F)c(Cl)c2C2CC2)c1. The first-order valence-electron chi connectivity index (χ1n) is 7.10. The zero-order chi connectivity index (χ0) is 16.9. The molecule has 124 valence electrons. The van der Waals surface area contributed by atoms with E-state index in [-0.39, 0.29) is 11.6 Å². The smallest absolute Gasteiger partial charge is 0.270 e. The highest BCUT2D eigenvalue weighted by Gasteiger charge is 2.43. The van der Waals surface area contributed by atoms with Crippen molar-refractivity contribution >= 4 is 17.5 Å². The van der Waals surface area contributed by atoms with Crippen LogP contribution in [-0.4, -0.2) is 25.5 Å². The van der Waals surface area contributed by atoms with Crippen molar-refractivity contribution in [2.75, 3.05) is 0 Å². The van der Waals surface area contributed by atoms with Gasteiger partial charge in [0.15, 0.2) is 5.69 Å². The maximum absolute atomic E-state index is 13.1. The van der Waals surface area contributed by atoms with Crippen molar-refractivity contribution in [2.24, 2.45) is 0 Å². The van der Waals surface area contributed by atoms with E-state index in [1.54, 1.807) is 6.92 Å². The van der Waals surface area contributed by atoms with Crippen molar-refractivity contribution in [3.8, 4) is 0 Å². The van der Waals surface area contributed by atoms with Crippen LogP contribution in [0.1, 0.15) is 53.5 Å². The molecule has 23 heavy (non-hydrogen) atoms. The van der Waals surface area contributed by atoms with E-state index in [0.717, 1.165) is 27.8 Å². The van der Waals surface area contributed by atoms with Gasteiger partial charge in [-0.25, -0.2) is 4.68 Å². The predicted octanol–water partition coefficient (Wildman–Crippen LogP) is 3.84. The molecule has 0 amide bonds. The maximum atomic E-state index is 13.1. The monoisotopic (exact) mass is 346 g/mol. The van der Waals surface area contributed by atoms with Crippen LogP contribution in [0.25, 0.3) is 0 Å². The van der Waals surface area contributed by atoms with Gasteiger partial charge in [0, 0.05) is 12.1 Å². The summed E-state index contributed by atoms with van der Waals surface area (Å²) >= 11 is 5.91. The number of hydrogen-bond donors (Lipinski definition) is 0. The van der Waals surface area contributed by atoms with Crippen LogP contribution < -0.4 is 0 Å². The second-order valence-electron chi connectivity index (χ2n) is 5.74. The predicted molar refractivity (Wildman–Crippen MR) is 76.5 cm³/mol. The molecule has 2 aromatic heterocycles. The summed E-state index contributed by atoms with van der Waals surface area (Å²) in [6, 6.07) is -0.932. The van der Waals surface area contributed by atoms with E-state index in [1.165, 1.54) is 19.3 Å². The number of carbonyl (C=O) groups is 1. The topological polar surface area (TPSA) is 52.7 Å². The van der Waals surface area contributed by atoms with E-state index < -0.39 is 28.8 Å². The van der Waals surface area contributed by atoms with E-state index in [9.17, 15) is 18.0 Å². The Kier molecular flexibility index (Phi) is 3.74. The highest BCUT2D eigenvalue weighted by molar-refractivity contribution is 6.32. The van der Waals surface area contributed by atoms with Gasteiger partial charge >= 0.3 is 6.18 Å². The lowest BCUT2D eigenvalue weighted by molar-refractivity contribution is -0.141. The Morgan fingerprint density at radius 2 is 2.09 bits per heavy atom. The molecule has 0 bridgehead atoms. The number of aromatic nitrogens is 4. The lowest BCUT2D eigenvalue weighted by Crippen LogP contribution is -2.25. The van der Waals surface area contributed by atoms with Gasteiger partial charge in [0.05, 0.1) is 16.9 Å². The molecule has 2 aromatic rings. The molecule has 1 aliphatic carbocycles. The van der Waals surface area contributed by atoms with Crippen molar-refractivity contribution in [1.82, 2.24) is 19.6 Å². The van der Waals surface area contributed by atoms with Crippen LogP contribution in [0.3, 0.4) is 0 Å². The summed E-state index contributed by atoms with van der Waals surface area (Å²) in [6.07, 6.45) is -0.152. The molecule has 9 heteroatoms. The summed E-state index contributed by atoms with van der Waals surface area (Å²) in [4.78, 5) is 12.4. The molecule has 0 radical (unpaired) electrons. The van der Waals surface area contributed by atoms with Crippen LogP contribution in [-0.2, 0) is 6.18 Å². The summed E-state index contributed by atoms with van der Waals surface area (Å²) in [5.41, 5.74) is -0.0801. The van der Waals surface area contributed by atoms with Crippen molar-refractivity contribution in [1.29, 1.82) is 0 Å². The van der Waals surface area contributed by atoms with E-state index in [0.29, 0.717) is 0 Å². The molecular formula is C14H14ClF3N4O. The highest BCUT2D eigenvalue weighted by Crippen LogP contribution is 2.47. The quantitative estimate of drug-likeness (QED) is 0.848. The third-order valence-electron chi connectivity index (χ3n) is 3.78. The average Bonchev–Trinajstić information content (AvgIpc) is 3.10. The Labute approximate surface area is 135 Å². The Balaban J connectivity index is 2.03. The molecule has 0 unspecified atom stereocenters. The number of aryl methyl sites for hydroxylation is 1. The lowest BCUT2D eigenvalue weighted by Gasteiger charge is -2.14. The van der Waals surface area contributed by atoms with Crippen LogP contribution in [0.15, 0.2) is 12.4 Å². The highest BCUT2D eigenvalue weighted by atomic mass is 35.5. The lowest BCUT2D eigenvalue weighted by atomic mass is 10.2. The van der Waals surface area contributed by atoms with Gasteiger partial charge in [0.1, 0.15) is 6.04 Å². The molecule has 0 saturated heterocycles. The Hall–Kier alpha value is -1.83. The Bertz CT molecular complexity index is 761. The third kappa shape index (κ3) is 2.87. The minimum Gasteiger partial charge on any atom is -0.270 e. The second kappa shape index (κ2) is 5.36. The fraction of sp³-hybridized carbons (Fsp3) is 0.500. The number of hydrogen-bond acceptors (Lipinski definition) is 3. The van der Waals surface area contributed by atoms with Crippen LogP contribution in [0.2, 0.25) is 5.02 Å². The van der Waals surface area contributed by atoms with Gasteiger partial charge in [-0.1, -0.05) is 11.6 Å². The molecule has 0 spiro atoms. The molecule has 2 heterocycles. The summed E-state index contributed by atoms with van der Waals surface area (Å²) in [5.74, 6) is -0.548. The summed E-state index contributed by atoms with van der Waals surface area (Å²) < 4.78 is 41.4. The molecule has 3 rings (SSSR count). The van der Waals surface area contributed by atoms with Crippen molar-refractivity contribution in [3.63, 3.8) is 0 Å². The van der Waals surface area contributed by atoms with Gasteiger partial charge < -0.3 is 0 Å². The first-order valence-corrected chi connectivity index (χ1v) is 7.48. The first-order chi connectivity index (χ1) is 10.7. The van der Waals surface area contributed by atoms with Gasteiger partial charge in [0.2, 0.25) is 0 Å². The fourth-order valence-electron chi connectivity index (χ4n) is 2.46. The normalized spacial score (nSPS) is 16.6. The van der Waals surface area contributed by atoms with E-state index in [1.807, 2.05) is 0 Å². The molecular weight excluding hydrogens is 333 g/mol. The molecule has 0 aliphatic heterocycles. The van der Waals surface area contributed by atoms with Crippen LogP contribution >= 0.6 is 11.6 Å². The zero-order valence-electron chi connectivity index (χ0n) is 12.4. The minimum absolute atomic E-state index is 0.0827. The van der Waals surface area contributed by atoms with Gasteiger partial charge in [0.25, 0.3) is 5.91 Å².